The summed E-state index contributed by atoms with van der Waals surface area (Å²) in [6.07, 6.45) is 0. The van der Waals surface area contributed by atoms with E-state index in [4.69, 9.17) is 16.7 Å². The third kappa shape index (κ3) is 6.25. The second-order valence-electron chi connectivity index (χ2n) is 10.5. The Kier molecular flexibility index (Phi) is 8.50. The van der Waals surface area contributed by atoms with Crippen LogP contribution in [0.2, 0.25) is 5.02 Å². The lowest BCUT2D eigenvalue weighted by Crippen LogP contribution is -2.42. The molecule has 2 heterocycles. The predicted octanol–water partition coefficient (Wildman–Crippen LogP) is 7.26. The van der Waals surface area contributed by atoms with Gasteiger partial charge in [0, 0.05) is 22.7 Å². The number of carbonyl (C=O) groups is 2. The Bertz CT molecular complexity index is 1810. The minimum atomic E-state index is -0.397. The van der Waals surface area contributed by atoms with Crippen LogP contribution >= 0.6 is 23.4 Å². The summed E-state index contributed by atoms with van der Waals surface area (Å²) >= 11 is 7.62. The maximum absolute atomic E-state index is 14.0. The molecule has 5 aromatic rings. The van der Waals surface area contributed by atoms with Gasteiger partial charge in [-0.05, 0) is 66.6 Å². The third-order valence-electron chi connectivity index (χ3n) is 7.36. The number of carbonyl (C=O) groups excluding carboxylic acids is 2. The largest absolute Gasteiger partial charge is 0.350 e. The molecule has 0 radical (unpaired) electrons. The number of anilines is 1. The second-order valence-corrected chi connectivity index (χ2v) is 12.0. The van der Waals surface area contributed by atoms with Gasteiger partial charge in [-0.3, -0.25) is 14.5 Å². The van der Waals surface area contributed by atoms with Crippen molar-refractivity contribution in [1.82, 2.24) is 15.1 Å². The molecule has 1 aromatic heterocycles. The molecule has 0 saturated heterocycles. The number of halogens is 3. The molecule has 1 N–H and O–H groups in total. The normalized spacial score (nSPS) is 14.7. The summed E-state index contributed by atoms with van der Waals surface area (Å²) in [5.74, 6) is -0.846. The van der Waals surface area contributed by atoms with E-state index in [-0.39, 0.29) is 42.3 Å². The van der Waals surface area contributed by atoms with Crippen LogP contribution in [0.15, 0.2) is 97.1 Å². The highest BCUT2D eigenvalue weighted by molar-refractivity contribution is 8.00. The molecule has 10 heteroatoms. The standard InChI is InChI=1S/C34H27ClF2N4O2S/c1-21-2-16-28(17-3-21)41-34-31(32(39-41)23-6-10-25(35)11-7-23)33(24-8-14-27(37)15-9-24)44-20-30(43)40(34)19-29(42)38-18-22-4-12-26(36)13-5-22/h2-17,33H,18-20H2,1H3,(H,38,42). The summed E-state index contributed by atoms with van der Waals surface area (Å²) in [4.78, 5) is 28.7. The minimum Gasteiger partial charge on any atom is -0.350 e. The monoisotopic (exact) mass is 628 g/mol. The van der Waals surface area contributed by atoms with E-state index in [0.29, 0.717) is 22.2 Å². The fourth-order valence-electron chi connectivity index (χ4n) is 5.11. The van der Waals surface area contributed by atoms with Gasteiger partial charge in [0.2, 0.25) is 11.8 Å². The molecular formula is C34H27ClF2N4O2S. The number of aryl methyl sites for hydroxylation is 1. The van der Waals surface area contributed by atoms with E-state index in [1.54, 1.807) is 41.1 Å². The number of hydrogen-bond donors (Lipinski definition) is 1. The number of amides is 2. The Balaban J connectivity index is 1.50. The molecule has 1 atom stereocenters. The first-order valence-corrected chi connectivity index (χ1v) is 15.3. The van der Waals surface area contributed by atoms with Crippen molar-refractivity contribution in [3.63, 3.8) is 0 Å². The van der Waals surface area contributed by atoms with Crippen LogP contribution in [0, 0.1) is 18.6 Å². The topological polar surface area (TPSA) is 67.2 Å². The Morgan fingerprint density at radius 3 is 2.23 bits per heavy atom. The van der Waals surface area contributed by atoms with Gasteiger partial charge in [0.15, 0.2) is 0 Å². The van der Waals surface area contributed by atoms with Crippen LogP contribution < -0.4 is 10.2 Å². The van der Waals surface area contributed by atoms with Crippen molar-refractivity contribution >= 4 is 41.0 Å². The van der Waals surface area contributed by atoms with Gasteiger partial charge in [-0.15, -0.1) is 11.8 Å². The molecule has 2 amide bonds. The van der Waals surface area contributed by atoms with Gasteiger partial charge >= 0.3 is 0 Å². The summed E-state index contributed by atoms with van der Waals surface area (Å²) in [5, 5.41) is 8.07. The Labute approximate surface area is 262 Å². The molecule has 4 aromatic carbocycles. The number of nitrogens with one attached hydrogen (secondary N) is 1. The summed E-state index contributed by atoms with van der Waals surface area (Å²) in [6.45, 7) is 1.89. The summed E-state index contributed by atoms with van der Waals surface area (Å²) in [7, 11) is 0. The van der Waals surface area contributed by atoms with E-state index >= 15 is 0 Å². The molecule has 0 saturated carbocycles. The number of aromatic nitrogens is 2. The lowest BCUT2D eigenvalue weighted by Gasteiger charge is -2.23. The van der Waals surface area contributed by atoms with Crippen molar-refractivity contribution < 1.29 is 18.4 Å². The van der Waals surface area contributed by atoms with Gasteiger partial charge in [-0.2, -0.15) is 5.10 Å². The van der Waals surface area contributed by atoms with E-state index < -0.39 is 5.25 Å². The van der Waals surface area contributed by atoms with Gasteiger partial charge in [0.25, 0.3) is 0 Å². The fraction of sp³-hybridized carbons (Fsp3) is 0.147. The first kappa shape index (κ1) is 29.6. The van der Waals surface area contributed by atoms with Crippen LogP contribution in [0.25, 0.3) is 16.9 Å². The van der Waals surface area contributed by atoms with Crippen LogP contribution in [0.5, 0.6) is 0 Å². The van der Waals surface area contributed by atoms with Gasteiger partial charge in [0.05, 0.1) is 22.4 Å². The van der Waals surface area contributed by atoms with Crippen molar-refractivity contribution in [3.05, 3.63) is 136 Å². The number of fused-ring (bicyclic) bond motifs is 1. The average Bonchev–Trinajstić information content (AvgIpc) is 3.34. The first-order valence-electron chi connectivity index (χ1n) is 13.9. The number of rotatable bonds is 7. The van der Waals surface area contributed by atoms with Crippen LogP contribution in [-0.2, 0) is 16.1 Å². The van der Waals surface area contributed by atoms with E-state index in [0.717, 1.165) is 27.8 Å². The van der Waals surface area contributed by atoms with Gasteiger partial charge in [-0.1, -0.05) is 65.7 Å². The van der Waals surface area contributed by atoms with Crippen molar-refractivity contribution in [1.29, 1.82) is 0 Å². The molecule has 1 aliphatic rings. The second kappa shape index (κ2) is 12.6. The van der Waals surface area contributed by atoms with E-state index in [9.17, 15) is 18.4 Å². The summed E-state index contributed by atoms with van der Waals surface area (Å²) in [6, 6.07) is 27.1. The van der Waals surface area contributed by atoms with E-state index in [1.165, 1.54) is 40.9 Å². The minimum absolute atomic E-state index is 0.0793. The number of thioether (sulfide) groups is 1. The lowest BCUT2D eigenvalue weighted by atomic mass is 9.99. The molecular weight excluding hydrogens is 602 g/mol. The zero-order valence-electron chi connectivity index (χ0n) is 23.6. The molecule has 0 fully saturated rings. The molecule has 1 unspecified atom stereocenters. The van der Waals surface area contributed by atoms with Gasteiger partial charge in [0.1, 0.15) is 24.0 Å². The van der Waals surface area contributed by atoms with Crippen LogP contribution in [0.4, 0.5) is 14.6 Å². The fourth-order valence-corrected chi connectivity index (χ4v) is 6.43. The Morgan fingerprint density at radius 1 is 0.932 bits per heavy atom. The van der Waals surface area contributed by atoms with Crippen molar-refractivity contribution in [3.8, 4) is 16.9 Å². The van der Waals surface area contributed by atoms with Crippen molar-refractivity contribution in [2.75, 3.05) is 17.2 Å². The van der Waals surface area contributed by atoms with Crippen molar-refractivity contribution in [2.24, 2.45) is 0 Å². The quantitative estimate of drug-likeness (QED) is 0.206. The molecule has 44 heavy (non-hydrogen) atoms. The number of hydrogen-bond acceptors (Lipinski definition) is 4. The number of nitrogens with zero attached hydrogens (tertiary/aromatic N) is 3. The first-order chi connectivity index (χ1) is 21.3. The van der Waals surface area contributed by atoms with Crippen LogP contribution in [0.1, 0.15) is 27.5 Å². The zero-order chi connectivity index (χ0) is 30.8. The third-order valence-corrected chi connectivity index (χ3v) is 8.87. The highest BCUT2D eigenvalue weighted by atomic mass is 35.5. The predicted molar refractivity (Wildman–Crippen MR) is 170 cm³/mol. The summed E-state index contributed by atoms with van der Waals surface area (Å²) < 4.78 is 29.1. The van der Waals surface area contributed by atoms with Crippen LogP contribution in [0.3, 0.4) is 0 Å². The average molecular weight is 629 g/mol. The number of benzene rings is 4. The zero-order valence-corrected chi connectivity index (χ0v) is 25.2. The molecule has 6 rings (SSSR count). The Morgan fingerprint density at radius 2 is 1.57 bits per heavy atom. The van der Waals surface area contributed by atoms with Crippen molar-refractivity contribution in [2.45, 2.75) is 18.7 Å². The SMILES string of the molecule is Cc1ccc(-n2nc(-c3ccc(Cl)cc3)c3c2N(CC(=O)NCc2ccc(F)cc2)C(=O)CSC3c2ccc(F)cc2)cc1. The highest BCUT2D eigenvalue weighted by Crippen LogP contribution is 2.48. The summed E-state index contributed by atoms with van der Waals surface area (Å²) in [5.41, 5.74) is 5.40. The van der Waals surface area contributed by atoms with E-state index in [1.807, 2.05) is 43.3 Å². The molecule has 6 nitrogen and oxygen atoms in total. The van der Waals surface area contributed by atoms with E-state index in [2.05, 4.69) is 5.32 Å². The molecule has 0 spiro atoms. The van der Waals surface area contributed by atoms with Gasteiger partial charge in [-0.25, -0.2) is 13.5 Å². The highest BCUT2D eigenvalue weighted by Gasteiger charge is 2.37. The Hall–Kier alpha value is -4.47. The smallest absolute Gasteiger partial charge is 0.240 e. The molecule has 1 aliphatic heterocycles. The molecule has 0 aliphatic carbocycles. The maximum atomic E-state index is 14.0. The maximum Gasteiger partial charge on any atom is 0.240 e. The van der Waals surface area contributed by atoms with Gasteiger partial charge < -0.3 is 5.32 Å². The van der Waals surface area contributed by atoms with Crippen LogP contribution in [-0.4, -0.2) is 33.9 Å². The lowest BCUT2D eigenvalue weighted by molar-refractivity contribution is -0.123. The molecule has 0 bridgehead atoms. The molecule has 222 valence electrons.